The first-order valence-electron chi connectivity index (χ1n) is 8.58. The molecule has 7 nitrogen and oxygen atoms in total. The molecule has 1 aromatic carbocycles. The van der Waals surface area contributed by atoms with Crippen molar-refractivity contribution >= 4 is 27.0 Å². The van der Waals surface area contributed by atoms with Gasteiger partial charge in [0.15, 0.2) is 0 Å². The minimum Gasteiger partial charge on any atom is -0.475 e. The highest BCUT2D eigenvalue weighted by molar-refractivity contribution is 7.89. The zero-order valence-corrected chi connectivity index (χ0v) is 16.2. The number of fused-ring (bicyclic) bond motifs is 1. The van der Waals surface area contributed by atoms with Crippen molar-refractivity contribution < 1.29 is 22.7 Å². The molecule has 0 amide bonds. The predicted molar refractivity (Wildman–Crippen MR) is 101 cm³/mol. The lowest BCUT2D eigenvalue weighted by atomic mass is 10.1. The first kappa shape index (κ1) is 19.2. The van der Waals surface area contributed by atoms with Gasteiger partial charge in [0.25, 0.3) is 0 Å². The van der Waals surface area contributed by atoms with Gasteiger partial charge in [-0.1, -0.05) is 0 Å². The lowest BCUT2D eigenvalue weighted by molar-refractivity contribution is 0.0664. The molecule has 27 heavy (non-hydrogen) atoms. The Hall–Kier alpha value is -2.58. The van der Waals surface area contributed by atoms with Crippen LogP contribution in [-0.4, -0.2) is 30.1 Å². The highest BCUT2D eigenvalue weighted by Crippen LogP contribution is 2.27. The summed E-state index contributed by atoms with van der Waals surface area (Å²) in [6.07, 6.45) is 3.38. The molecule has 0 bridgehead atoms. The summed E-state index contributed by atoms with van der Waals surface area (Å²) in [4.78, 5) is 11.3. The fourth-order valence-electron chi connectivity index (χ4n) is 3.08. The Labute approximate surface area is 157 Å². The average molecular weight is 390 g/mol. The lowest BCUT2D eigenvalue weighted by Gasteiger charge is -2.14. The third-order valence-electron chi connectivity index (χ3n) is 4.65. The van der Waals surface area contributed by atoms with E-state index in [9.17, 15) is 13.2 Å². The van der Waals surface area contributed by atoms with Crippen LogP contribution in [0.15, 0.2) is 45.8 Å². The normalized spacial score (nSPS) is 13.1. The molecule has 144 valence electrons. The van der Waals surface area contributed by atoms with Crippen LogP contribution in [0.25, 0.3) is 11.0 Å². The van der Waals surface area contributed by atoms with Crippen LogP contribution in [0.4, 0.5) is 0 Å². The number of nitrogens with one attached hydrogen (secondary N) is 1. The third kappa shape index (κ3) is 3.91. The van der Waals surface area contributed by atoms with E-state index in [0.29, 0.717) is 23.0 Å². The third-order valence-corrected chi connectivity index (χ3v) is 6.24. The summed E-state index contributed by atoms with van der Waals surface area (Å²) < 4.78 is 35.4. The van der Waals surface area contributed by atoms with Gasteiger partial charge in [0.05, 0.1) is 4.90 Å². The van der Waals surface area contributed by atoms with Gasteiger partial charge < -0.3 is 14.1 Å². The smallest absolute Gasteiger partial charge is 0.372 e. The Balaban J connectivity index is 1.78. The summed E-state index contributed by atoms with van der Waals surface area (Å²) in [6, 6.07) is 8.07. The first-order valence-corrected chi connectivity index (χ1v) is 10.1. The maximum absolute atomic E-state index is 12.7. The second-order valence-corrected chi connectivity index (χ2v) is 8.40. The van der Waals surface area contributed by atoms with E-state index in [2.05, 4.69) is 4.72 Å². The SMILES string of the molecule is Cc1c(C(=O)O)oc2ccc(S(=O)(=O)NC(C)CCc3cccn3C)cc12. The van der Waals surface area contributed by atoms with Gasteiger partial charge in [-0.25, -0.2) is 17.9 Å². The summed E-state index contributed by atoms with van der Waals surface area (Å²) >= 11 is 0. The molecule has 0 radical (unpaired) electrons. The summed E-state index contributed by atoms with van der Waals surface area (Å²) in [5.41, 5.74) is 1.89. The second-order valence-electron chi connectivity index (χ2n) is 6.69. The van der Waals surface area contributed by atoms with Crippen molar-refractivity contribution in [2.24, 2.45) is 7.05 Å². The minimum atomic E-state index is -3.73. The van der Waals surface area contributed by atoms with E-state index in [1.165, 1.54) is 18.2 Å². The summed E-state index contributed by atoms with van der Waals surface area (Å²) in [6.45, 7) is 3.42. The highest BCUT2D eigenvalue weighted by atomic mass is 32.2. The van der Waals surface area contributed by atoms with Gasteiger partial charge in [0.2, 0.25) is 15.8 Å². The van der Waals surface area contributed by atoms with Gasteiger partial charge in [0, 0.05) is 35.9 Å². The number of aromatic nitrogens is 1. The molecular formula is C19H22N2O5S. The maximum atomic E-state index is 12.7. The van der Waals surface area contributed by atoms with E-state index in [1.54, 1.807) is 6.92 Å². The van der Waals surface area contributed by atoms with Crippen LogP contribution in [0.1, 0.15) is 35.2 Å². The number of carboxylic acids is 1. The van der Waals surface area contributed by atoms with Crippen LogP contribution in [0, 0.1) is 6.92 Å². The molecule has 3 rings (SSSR count). The number of hydrogen-bond donors (Lipinski definition) is 2. The zero-order valence-electron chi connectivity index (χ0n) is 15.4. The summed E-state index contributed by atoms with van der Waals surface area (Å²) in [7, 11) is -1.77. The van der Waals surface area contributed by atoms with E-state index in [4.69, 9.17) is 9.52 Å². The number of nitrogens with zero attached hydrogens (tertiary/aromatic N) is 1. The molecular weight excluding hydrogens is 368 g/mol. The van der Waals surface area contributed by atoms with E-state index in [1.807, 2.05) is 36.9 Å². The van der Waals surface area contributed by atoms with E-state index in [0.717, 1.165) is 12.1 Å². The Kier molecular flexibility index (Phi) is 5.12. The van der Waals surface area contributed by atoms with Gasteiger partial charge in [0.1, 0.15) is 5.58 Å². The molecule has 1 atom stereocenters. The number of benzene rings is 1. The van der Waals surface area contributed by atoms with Crippen molar-refractivity contribution in [1.29, 1.82) is 0 Å². The minimum absolute atomic E-state index is 0.0848. The van der Waals surface area contributed by atoms with Crippen molar-refractivity contribution in [2.75, 3.05) is 0 Å². The van der Waals surface area contributed by atoms with E-state index in [-0.39, 0.29) is 16.7 Å². The number of aryl methyl sites for hydroxylation is 3. The van der Waals surface area contributed by atoms with Crippen LogP contribution in [-0.2, 0) is 23.5 Å². The first-order chi connectivity index (χ1) is 12.7. The molecule has 3 aromatic rings. The number of hydrogen-bond acceptors (Lipinski definition) is 4. The van der Waals surface area contributed by atoms with E-state index >= 15 is 0 Å². The number of furan rings is 1. The standard InChI is InChI=1S/C19H22N2O5S/c1-12(6-7-14-5-4-10-21(14)3)20-27(24,25)15-8-9-17-16(11-15)13(2)18(26-17)19(22)23/h4-5,8-12,20H,6-7H2,1-3H3,(H,22,23). The molecule has 0 fully saturated rings. The predicted octanol–water partition coefficient (Wildman–Crippen LogP) is 3.08. The number of carboxylic acid groups (broad SMARTS) is 1. The highest BCUT2D eigenvalue weighted by Gasteiger charge is 2.21. The Bertz CT molecular complexity index is 1090. The molecule has 0 saturated carbocycles. The molecule has 0 spiro atoms. The molecule has 2 N–H and O–H groups in total. The number of carbonyl (C=O) groups is 1. The van der Waals surface area contributed by atoms with Crippen molar-refractivity contribution in [3.63, 3.8) is 0 Å². The van der Waals surface area contributed by atoms with Crippen LogP contribution in [0.3, 0.4) is 0 Å². The lowest BCUT2D eigenvalue weighted by Crippen LogP contribution is -2.33. The second kappa shape index (κ2) is 7.21. The Morgan fingerprint density at radius 1 is 1.33 bits per heavy atom. The molecule has 8 heteroatoms. The largest absolute Gasteiger partial charge is 0.475 e. The monoisotopic (exact) mass is 390 g/mol. The number of aromatic carboxylic acids is 1. The number of rotatable bonds is 7. The maximum Gasteiger partial charge on any atom is 0.372 e. The molecule has 0 saturated heterocycles. The fourth-order valence-corrected chi connectivity index (χ4v) is 4.39. The quantitative estimate of drug-likeness (QED) is 0.645. The molecule has 0 aliphatic heterocycles. The van der Waals surface area contributed by atoms with Gasteiger partial charge in [-0.15, -0.1) is 0 Å². The van der Waals surface area contributed by atoms with Crippen molar-refractivity contribution in [1.82, 2.24) is 9.29 Å². The molecule has 2 heterocycles. The van der Waals surface area contributed by atoms with Gasteiger partial charge >= 0.3 is 5.97 Å². The van der Waals surface area contributed by atoms with Crippen LogP contribution >= 0.6 is 0 Å². The molecule has 0 aliphatic rings. The van der Waals surface area contributed by atoms with Crippen molar-refractivity contribution in [3.05, 3.63) is 53.5 Å². The van der Waals surface area contributed by atoms with Crippen LogP contribution in [0.5, 0.6) is 0 Å². The Morgan fingerprint density at radius 2 is 2.07 bits per heavy atom. The van der Waals surface area contributed by atoms with Crippen LogP contribution < -0.4 is 4.72 Å². The van der Waals surface area contributed by atoms with Crippen molar-refractivity contribution in [3.8, 4) is 0 Å². The van der Waals surface area contributed by atoms with Gasteiger partial charge in [-0.3, -0.25) is 0 Å². The van der Waals surface area contributed by atoms with Gasteiger partial charge in [-0.2, -0.15) is 0 Å². The molecule has 1 unspecified atom stereocenters. The summed E-state index contributed by atoms with van der Waals surface area (Å²) in [5.74, 6) is -1.36. The number of sulfonamides is 1. The van der Waals surface area contributed by atoms with E-state index < -0.39 is 16.0 Å². The van der Waals surface area contributed by atoms with Crippen LogP contribution in [0.2, 0.25) is 0 Å². The topological polar surface area (TPSA) is 102 Å². The zero-order chi connectivity index (χ0) is 19.8. The van der Waals surface area contributed by atoms with Crippen molar-refractivity contribution in [2.45, 2.75) is 37.6 Å². The fraction of sp³-hybridized carbons (Fsp3) is 0.316. The van der Waals surface area contributed by atoms with Gasteiger partial charge in [-0.05, 0) is 57.0 Å². The average Bonchev–Trinajstić information content (AvgIpc) is 3.16. The molecule has 2 aromatic heterocycles. The molecule has 0 aliphatic carbocycles. The Morgan fingerprint density at radius 3 is 2.70 bits per heavy atom. The summed E-state index contributed by atoms with van der Waals surface area (Å²) in [5, 5.41) is 9.62.